The van der Waals surface area contributed by atoms with Crippen molar-refractivity contribution in [3.63, 3.8) is 0 Å². The molecule has 1 N–H and O–H groups in total. The summed E-state index contributed by atoms with van der Waals surface area (Å²) in [4.78, 5) is 0. The van der Waals surface area contributed by atoms with Crippen LogP contribution in [-0.2, 0) is 11.3 Å². The van der Waals surface area contributed by atoms with Gasteiger partial charge >= 0.3 is 0 Å². The SMILES string of the molecule is CCCNC(c1ccc(Cl)o1)c1c(Cl)cnn1CCOC. The van der Waals surface area contributed by atoms with Crippen molar-refractivity contribution < 1.29 is 9.15 Å². The zero-order valence-electron chi connectivity index (χ0n) is 12.1. The first-order chi connectivity index (χ1) is 10.2. The molecular formula is C14H19Cl2N3O2. The third-order valence-electron chi connectivity index (χ3n) is 3.09. The molecule has 5 nitrogen and oxygen atoms in total. The smallest absolute Gasteiger partial charge is 0.193 e. The van der Waals surface area contributed by atoms with Crippen LogP contribution in [0.3, 0.4) is 0 Å². The minimum absolute atomic E-state index is 0.190. The Labute approximate surface area is 134 Å². The molecule has 0 aliphatic rings. The van der Waals surface area contributed by atoms with Crippen molar-refractivity contribution in [3.05, 3.63) is 40.0 Å². The predicted octanol–water partition coefficient (Wildman–Crippen LogP) is 3.52. The maximum Gasteiger partial charge on any atom is 0.193 e. The topological polar surface area (TPSA) is 52.2 Å². The summed E-state index contributed by atoms with van der Waals surface area (Å²) in [6.45, 7) is 4.11. The first kappa shape index (κ1) is 16.4. The molecule has 2 rings (SSSR count). The van der Waals surface area contributed by atoms with E-state index in [0.717, 1.165) is 24.4 Å². The van der Waals surface area contributed by atoms with E-state index in [-0.39, 0.29) is 6.04 Å². The minimum Gasteiger partial charge on any atom is -0.448 e. The van der Waals surface area contributed by atoms with Gasteiger partial charge in [-0.2, -0.15) is 5.10 Å². The Morgan fingerprint density at radius 2 is 2.24 bits per heavy atom. The van der Waals surface area contributed by atoms with Gasteiger partial charge in [-0.25, -0.2) is 0 Å². The lowest BCUT2D eigenvalue weighted by atomic mass is 10.1. The number of hydrogen-bond donors (Lipinski definition) is 1. The molecule has 0 bridgehead atoms. The molecule has 7 heteroatoms. The highest BCUT2D eigenvalue weighted by atomic mass is 35.5. The Morgan fingerprint density at radius 1 is 1.43 bits per heavy atom. The van der Waals surface area contributed by atoms with E-state index in [9.17, 15) is 0 Å². The minimum atomic E-state index is -0.190. The van der Waals surface area contributed by atoms with Crippen LogP contribution in [0.4, 0.5) is 0 Å². The largest absolute Gasteiger partial charge is 0.448 e. The summed E-state index contributed by atoms with van der Waals surface area (Å²) >= 11 is 12.2. The second-order valence-corrected chi connectivity index (χ2v) is 5.40. The number of halogens is 2. The van der Waals surface area contributed by atoms with Gasteiger partial charge in [0.1, 0.15) is 11.8 Å². The van der Waals surface area contributed by atoms with Gasteiger partial charge < -0.3 is 14.5 Å². The third kappa shape index (κ3) is 4.01. The van der Waals surface area contributed by atoms with E-state index in [2.05, 4.69) is 17.3 Å². The molecule has 0 spiro atoms. The standard InChI is InChI=1S/C14H19Cl2N3O2/c1-3-6-17-13(11-4-5-12(16)21-11)14-10(15)9-18-19(14)7-8-20-2/h4-5,9,13,17H,3,6-8H2,1-2H3. The van der Waals surface area contributed by atoms with Gasteiger partial charge in [0.05, 0.1) is 30.1 Å². The van der Waals surface area contributed by atoms with Crippen LogP contribution in [0.25, 0.3) is 0 Å². The van der Waals surface area contributed by atoms with E-state index >= 15 is 0 Å². The van der Waals surface area contributed by atoms with E-state index < -0.39 is 0 Å². The number of nitrogens with one attached hydrogen (secondary N) is 1. The number of methoxy groups -OCH3 is 1. The maximum atomic E-state index is 6.32. The van der Waals surface area contributed by atoms with Gasteiger partial charge in [-0.05, 0) is 36.7 Å². The van der Waals surface area contributed by atoms with Crippen LogP contribution < -0.4 is 5.32 Å². The molecule has 116 valence electrons. The van der Waals surface area contributed by atoms with Crippen molar-refractivity contribution in [3.8, 4) is 0 Å². The molecule has 0 aliphatic heterocycles. The Kier molecular flexibility index (Phi) is 6.11. The molecule has 21 heavy (non-hydrogen) atoms. The summed E-state index contributed by atoms with van der Waals surface area (Å²) in [5.41, 5.74) is 0.855. The van der Waals surface area contributed by atoms with Crippen LogP contribution in [0.15, 0.2) is 22.7 Å². The molecule has 0 amide bonds. The molecule has 0 saturated heterocycles. The number of ether oxygens (including phenoxy) is 1. The average Bonchev–Trinajstić information content (AvgIpc) is 3.05. The fourth-order valence-electron chi connectivity index (χ4n) is 2.12. The number of furan rings is 1. The van der Waals surface area contributed by atoms with Gasteiger partial charge in [0.15, 0.2) is 5.22 Å². The van der Waals surface area contributed by atoms with Crippen molar-refractivity contribution in [1.29, 1.82) is 0 Å². The van der Waals surface area contributed by atoms with Gasteiger partial charge in [-0.1, -0.05) is 18.5 Å². The number of nitrogens with zero attached hydrogens (tertiary/aromatic N) is 2. The molecule has 0 radical (unpaired) electrons. The van der Waals surface area contributed by atoms with Gasteiger partial charge in [-0.3, -0.25) is 4.68 Å². The fourth-order valence-corrected chi connectivity index (χ4v) is 2.52. The summed E-state index contributed by atoms with van der Waals surface area (Å²) < 4.78 is 12.5. The molecular weight excluding hydrogens is 313 g/mol. The normalized spacial score (nSPS) is 12.8. The highest BCUT2D eigenvalue weighted by molar-refractivity contribution is 6.31. The number of hydrogen-bond acceptors (Lipinski definition) is 4. The first-order valence-corrected chi connectivity index (χ1v) is 7.61. The molecule has 0 aliphatic carbocycles. The van der Waals surface area contributed by atoms with E-state index in [4.69, 9.17) is 32.4 Å². The van der Waals surface area contributed by atoms with Crippen molar-refractivity contribution >= 4 is 23.2 Å². The molecule has 1 unspecified atom stereocenters. The first-order valence-electron chi connectivity index (χ1n) is 6.86. The summed E-state index contributed by atoms with van der Waals surface area (Å²) in [6, 6.07) is 3.38. The van der Waals surface area contributed by atoms with E-state index in [1.165, 1.54) is 0 Å². The van der Waals surface area contributed by atoms with Crippen molar-refractivity contribution in [1.82, 2.24) is 15.1 Å². The Bertz CT molecular complexity index is 568. The number of aromatic nitrogens is 2. The van der Waals surface area contributed by atoms with Gasteiger partial charge in [-0.15, -0.1) is 0 Å². The van der Waals surface area contributed by atoms with Crippen LogP contribution in [0.1, 0.15) is 30.8 Å². The fraction of sp³-hybridized carbons (Fsp3) is 0.500. The quantitative estimate of drug-likeness (QED) is 0.804. The molecule has 2 aromatic rings. The molecule has 0 saturated carbocycles. The van der Waals surface area contributed by atoms with Crippen LogP contribution in [0.5, 0.6) is 0 Å². The molecule has 0 fully saturated rings. The van der Waals surface area contributed by atoms with Gasteiger partial charge in [0.25, 0.3) is 0 Å². The van der Waals surface area contributed by atoms with Crippen molar-refractivity contribution in [2.24, 2.45) is 0 Å². The van der Waals surface area contributed by atoms with Crippen LogP contribution in [0, 0.1) is 0 Å². The monoisotopic (exact) mass is 331 g/mol. The van der Waals surface area contributed by atoms with Crippen molar-refractivity contribution in [2.75, 3.05) is 20.3 Å². The lowest BCUT2D eigenvalue weighted by Gasteiger charge is -2.18. The van der Waals surface area contributed by atoms with Crippen LogP contribution in [-0.4, -0.2) is 30.0 Å². The second kappa shape index (κ2) is 7.84. The van der Waals surface area contributed by atoms with Crippen LogP contribution >= 0.6 is 23.2 Å². The van der Waals surface area contributed by atoms with E-state index in [1.54, 1.807) is 19.4 Å². The molecule has 2 heterocycles. The van der Waals surface area contributed by atoms with Gasteiger partial charge in [0, 0.05) is 7.11 Å². The van der Waals surface area contributed by atoms with Gasteiger partial charge in [0.2, 0.25) is 0 Å². The van der Waals surface area contributed by atoms with Crippen molar-refractivity contribution in [2.45, 2.75) is 25.9 Å². The molecule has 0 aromatic carbocycles. The molecule has 1 atom stereocenters. The third-order valence-corrected chi connectivity index (χ3v) is 3.59. The summed E-state index contributed by atoms with van der Waals surface area (Å²) in [5.74, 6) is 0.717. The number of rotatable bonds is 8. The Hall–Kier alpha value is -1.01. The maximum absolute atomic E-state index is 6.32. The predicted molar refractivity (Wildman–Crippen MR) is 83.0 cm³/mol. The lowest BCUT2D eigenvalue weighted by molar-refractivity contribution is 0.181. The lowest BCUT2D eigenvalue weighted by Crippen LogP contribution is -2.26. The zero-order chi connectivity index (χ0) is 15.2. The van der Waals surface area contributed by atoms with E-state index in [1.807, 2.05) is 10.7 Å². The Balaban J connectivity index is 2.33. The second-order valence-electron chi connectivity index (χ2n) is 4.62. The van der Waals surface area contributed by atoms with E-state index in [0.29, 0.717) is 23.4 Å². The summed E-state index contributed by atoms with van der Waals surface area (Å²) in [6.07, 6.45) is 2.63. The zero-order valence-corrected chi connectivity index (χ0v) is 13.6. The highest BCUT2D eigenvalue weighted by Gasteiger charge is 2.24. The summed E-state index contributed by atoms with van der Waals surface area (Å²) in [7, 11) is 1.66. The Morgan fingerprint density at radius 3 is 2.86 bits per heavy atom. The van der Waals surface area contributed by atoms with Crippen LogP contribution in [0.2, 0.25) is 10.2 Å². The highest BCUT2D eigenvalue weighted by Crippen LogP contribution is 2.30. The average molecular weight is 332 g/mol. The summed E-state index contributed by atoms with van der Waals surface area (Å²) in [5, 5.41) is 8.67. The molecule has 2 aromatic heterocycles.